The summed E-state index contributed by atoms with van der Waals surface area (Å²) in [6, 6.07) is -0.528. The molecule has 0 spiro atoms. The van der Waals surface area contributed by atoms with E-state index in [1.54, 1.807) is 19.2 Å². The third-order valence-corrected chi connectivity index (χ3v) is 3.45. The van der Waals surface area contributed by atoms with Gasteiger partial charge in [-0.15, -0.1) is 11.3 Å². The van der Waals surface area contributed by atoms with Gasteiger partial charge >= 0.3 is 12.1 Å². The van der Waals surface area contributed by atoms with Crippen molar-refractivity contribution in [2.45, 2.75) is 26.1 Å². The number of carbonyl (C=O) groups is 1. The Morgan fingerprint density at radius 1 is 1.55 bits per heavy atom. The van der Waals surface area contributed by atoms with Gasteiger partial charge in [0, 0.05) is 17.6 Å². The second-order valence-electron chi connectivity index (χ2n) is 4.48. The normalized spacial score (nSPS) is 12.3. The van der Waals surface area contributed by atoms with Crippen LogP contribution in [0.4, 0.5) is 19.0 Å². The van der Waals surface area contributed by atoms with Crippen molar-refractivity contribution in [1.82, 2.24) is 9.38 Å². The van der Waals surface area contributed by atoms with Gasteiger partial charge in [-0.1, -0.05) is 0 Å². The molecule has 0 saturated heterocycles. The van der Waals surface area contributed by atoms with Crippen LogP contribution in [0, 0.1) is 0 Å². The smallest absolute Gasteiger partial charge is 0.405 e. The quantitative estimate of drug-likeness (QED) is 0.943. The minimum Gasteiger partial charge on any atom is -0.476 e. The van der Waals surface area contributed by atoms with Gasteiger partial charge in [-0.05, 0) is 13.8 Å². The van der Waals surface area contributed by atoms with Crippen LogP contribution in [0.25, 0.3) is 4.96 Å². The molecule has 0 aliphatic carbocycles. The zero-order chi connectivity index (χ0) is 15.1. The Hall–Kier alpha value is -1.77. The topological polar surface area (TPSA) is 57.8 Å². The Morgan fingerprint density at radius 3 is 2.70 bits per heavy atom. The minimum absolute atomic E-state index is 0.156. The molecule has 0 aliphatic heterocycles. The van der Waals surface area contributed by atoms with Crippen molar-refractivity contribution in [1.29, 1.82) is 0 Å². The molecule has 0 atom stereocenters. The van der Waals surface area contributed by atoms with Gasteiger partial charge in [-0.3, -0.25) is 4.40 Å². The van der Waals surface area contributed by atoms with Crippen molar-refractivity contribution in [3.63, 3.8) is 0 Å². The molecule has 0 saturated carbocycles. The number of hydrogen-bond donors (Lipinski definition) is 1. The summed E-state index contributed by atoms with van der Waals surface area (Å²) in [5.41, 5.74) is -0.251. The summed E-state index contributed by atoms with van der Waals surface area (Å²) >= 11 is 1.17. The van der Waals surface area contributed by atoms with Gasteiger partial charge in [0.05, 0.1) is 0 Å². The van der Waals surface area contributed by atoms with E-state index in [9.17, 15) is 23.1 Å². The molecular weight excluding hydrogens is 295 g/mol. The first-order valence-electron chi connectivity index (χ1n) is 5.73. The molecule has 1 N–H and O–H groups in total. The zero-order valence-electron chi connectivity index (χ0n) is 10.7. The first-order valence-corrected chi connectivity index (χ1v) is 6.61. The fourth-order valence-electron chi connectivity index (χ4n) is 1.87. The predicted octanol–water partition coefficient (Wildman–Crippen LogP) is 2.87. The van der Waals surface area contributed by atoms with Crippen molar-refractivity contribution in [3.8, 4) is 0 Å². The number of nitrogens with zero attached hydrogens (tertiary/aromatic N) is 3. The van der Waals surface area contributed by atoms with Crippen LogP contribution in [0.5, 0.6) is 0 Å². The molecule has 0 fully saturated rings. The summed E-state index contributed by atoms with van der Waals surface area (Å²) in [5.74, 6) is -1.46. The lowest BCUT2D eigenvalue weighted by Gasteiger charge is -2.28. The number of alkyl halides is 3. The molecule has 0 aliphatic rings. The molecule has 0 amide bonds. The molecule has 9 heteroatoms. The van der Waals surface area contributed by atoms with Crippen LogP contribution >= 0.6 is 11.3 Å². The number of aromatic nitrogens is 2. The van der Waals surface area contributed by atoms with Crippen molar-refractivity contribution in [2.75, 3.05) is 11.4 Å². The van der Waals surface area contributed by atoms with Gasteiger partial charge < -0.3 is 10.0 Å². The fourth-order valence-corrected chi connectivity index (χ4v) is 2.58. The second-order valence-corrected chi connectivity index (χ2v) is 5.35. The van der Waals surface area contributed by atoms with Crippen LogP contribution in [0.3, 0.4) is 0 Å². The van der Waals surface area contributed by atoms with Crippen LogP contribution in [0.15, 0.2) is 11.6 Å². The Kier molecular flexibility index (Phi) is 3.63. The second kappa shape index (κ2) is 4.97. The average Bonchev–Trinajstić information content (AvgIpc) is 2.82. The molecule has 2 aromatic heterocycles. The molecule has 0 unspecified atom stereocenters. The van der Waals surface area contributed by atoms with E-state index >= 15 is 0 Å². The number of carboxylic acids is 1. The number of rotatable bonds is 4. The lowest BCUT2D eigenvalue weighted by atomic mass is 10.3. The van der Waals surface area contributed by atoms with Crippen molar-refractivity contribution >= 4 is 28.1 Å². The molecule has 2 heterocycles. The molecular formula is C11H12F3N3O2S. The average molecular weight is 307 g/mol. The maximum atomic E-state index is 12.6. The number of imidazole rings is 1. The Morgan fingerprint density at radius 2 is 2.20 bits per heavy atom. The van der Waals surface area contributed by atoms with Crippen molar-refractivity contribution in [3.05, 3.63) is 17.3 Å². The standard InChI is InChI=1S/C11H12F3N3O2S/c1-6(2)17(5-11(12,13)14)8-7(9(18)19)16-3-4-20-10(16)15-8/h3-4,6H,5H2,1-2H3,(H,18,19). The number of halogens is 3. The van der Waals surface area contributed by atoms with Gasteiger partial charge in [0.1, 0.15) is 6.54 Å². The van der Waals surface area contributed by atoms with Crippen LogP contribution in [-0.2, 0) is 0 Å². The van der Waals surface area contributed by atoms with E-state index in [1.807, 2.05) is 0 Å². The third kappa shape index (κ3) is 2.72. The largest absolute Gasteiger partial charge is 0.476 e. The molecule has 2 aromatic rings. The van der Waals surface area contributed by atoms with E-state index < -0.39 is 24.7 Å². The predicted molar refractivity (Wildman–Crippen MR) is 68.6 cm³/mol. The molecule has 20 heavy (non-hydrogen) atoms. The highest BCUT2D eigenvalue weighted by Crippen LogP contribution is 2.29. The van der Waals surface area contributed by atoms with Crippen molar-refractivity contribution in [2.24, 2.45) is 0 Å². The maximum absolute atomic E-state index is 12.6. The number of thiazole rings is 1. The summed E-state index contributed by atoms with van der Waals surface area (Å²) < 4.78 is 39.2. The number of anilines is 1. The van der Waals surface area contributed by atoms with Gasteiger partial charge in [-0.2, -0.15) is 13.2 Å². The summed E-state index contributed by atoms with van der Waals surface area (Å²) in [6.07, 6.45) is -2.96. The van der Waals surface area contributed by atoms with E-state index in [-0.39, 0.29) is 11.5 Å². The summed E-state index contributed by atoms with van der Waals surface area (Å²) in [6.45, 7) is 1.88. The van der Waals surface area contributed by atoms with E-state index in [2.05, 4.69) is 4.98 Å². The van der Waals surface area contributed by atoms with Gasteiger partial charge in [0.2, 0.25) is 0 Å². The number of fused-ring (bicyclic) bond motifs is 1. The molecule has 0 radical (unpaired) electrons. The van der Waals surface area contributed by atoms with E-state index in [0.717, 1.165) is 4.90 Å². The number of aromatic carboxylic acids is 1. The SMILES string of the molecule is CC(C)N(CC(F)(F)F)c1nc2sccn2c1C(=O)O. The maximum Gasteiger partial charge on any atom is 0.405 e. The highest BCUT2D eigenvalue weighted by Gasteiger charge is 2.35. The first-order chi connectivity index (χ1) is 9.20. The Balaban J connectivity index is 2.55. The minimum atomic E-state index is -4.43. The molecule has 2 rings (SSSR count). The van der Waals surface area contributed by atoms with Crippen LogP contribution in [-0.4, -0.2) is 39.2 Å². The van der Waals surface area contributed by atoms with Crippen molar-refractivity contribution < 1.29 is 23.1 Å². The fraction of sp³-hybridized carbons (Fsp3) is 0.455. The summed E-state index contributed by atoms with van der Waals surface area (Å²) in [5, 5.41) is 10.9. The Bertz CT molecular complexity index is 632. The highest BCUT2D eigenvalue weighted by molar-refractivity contribution is 7.15. The molecule has 0 aromatic carbocycles. The number of hydrogen-bond acceptors (Lipinski definition) is 4. The highest BCUT2D eigenvalue weighted by atomic mass is 32.1. The monoisotopic (exact) mass is 307 g/mol. The molecule has 0 bridgehead atoms. The van der Waals surface area contributed by atoms with Gasteiger partial charge in [-0.25, -0.2) is 9.78 Å². The lowest BCUT2D eigenvalue weighted by molar-refractivity contribution is -0.120. The summed E-state index contributed by atoms with van der Waals surface area (Å²) in [4.78, 5) is 16.6. The first kappa shape index (κ1) is 14.6. The zero-order valence-corrected chi connectivity index (χ0v) is 11.5. The van der Waals surface area contributed by atoms with Crippen LogP contribution in [0.1, 0.15) is 24.3 Å². The lowest BCUT2D eigenvalue weighted by Crippen LogP contribution is -2.40. The number of carboxylic acid groups (broad SMARTS) is 1. The van der Waals surface area contributed by atoms with Gasteiger partial charge in [0.25, 0.3) is 0 Å². The summed E-state index contributed by atoms with van der Waals surface area (Å²) in [7, 11) is 0. The van der Waals surface area contributed by atoms with E-state index in [1.165, 1.54) is 21.9 Å². The third-order valence-electron chi connectivity index (χ3n) is 2.69. The van der Waals surface area contributed by atoms with Gasteiger partial charge in [0.15, 0.2) is 16.5 Å². The Labute approximate surface area is 116 Å². The molecule has 110 valence electrons. The molecule has 5 nitrogen and oxygen atoms in total. The van der Waals surface area contributed by atoms with Crippen LogP contribution in [0.2, 0.25) is 0 Å². The van der Waals surface area contributed by atoms with E-state index in [4.69, 9.17) is 0 Å². The van der Waals surface area contributed by atoms with E-state index in [0.29, 0.717) is 4.96 Å². The van der Waals surface area contributed by atoms with Crippen LogP contribution < -0.4 is 4.90 Å².